The highest BCUT2D eigenvalue weighted by Crippen LogP contribution is 2.27. The molecule has 2 aromatic rings. The van der Waals surface area contributed by atoms with Gasteiger partial charge in [-0.05, 0) is 17.2 Å². The summed E-state index contributed by atoms with van der Waals surface area (Å²) in [5.41, 5.74) is 2.48. The van der Waals surface area contributed by atoms with Crippen molar-refractivity contribution in [2.75, 3.05) is 0 Å². The lowest BCUT2D eigenvalue weighted by Crippen LogP contribution is -1.77. The molecule has 0 nitrogen and oxygen atoms in total. The molecule has 0 fully saturated rings. The third-order valence-electron chi connectivity index (χ3n) is 1.96. The molecular formula is C12H10BrCl. The van der Waals surface area contributed by atoms with E-state index in [0.29, 0.717) is 0 Å². The van der Waals surface area contributed by atoms with Crippen molar-refractivity contribution in [1.29, 1.82) is 0 Å². The summed E-state index contributed by atoms with van der Waals surface area (Å²) >= 11 is 3.53. The van der Waals surface area contributed by atoms with Crippen LogP contribution in [0.4, 0.5) is 0 Å². The number of rotatable bonds is 1. The topological polar surface area (TPSA) is 0 Å². The Hall–Kier alpha value is -0.790. The number of halogens is 2. The van der Waals surface area contributed by atoms with Crippen molar-refractivity contribution >= 4 is 28.3 Å². The zero-order chi connectivity index (χ0) is 9.10. The zero-order valence-corrected chi connectivity index (χ0v) is 9.88. The minimum absolute atomic E-state index is 0. The Kier molecular flexibility index (Phi) is 4.18. The van der Waals surface area contributed by atoms with Crippen molar-refractivity contribution in [3.05, 3.63) is 59.1 Å². The Morgan fingerprint density at radius 2 is 1.29 bits per heavy atom. The molecule has 0 spiro atoms. The van der Waals surface area contributed by atoms with Crippen LogP contribution in [0.5, 0.6) is 0 Å². The lowest BCUT2D eigenvalue weighted by Gasteiger charge is -2.02. The second kappa shape index (κ2) is 5.18. The van der Waals surface area contributed by atoms with Crippen molar-refractivity contribution in [3.8, 4) is 11.1 Å². The summed E-state index contributed by atoms with van der Waals surface area (Å²) in [6.45, 7) is 0. The summed E-state index contributed by atoms with van der Waals surface area (Å²) in [5.74, 6) is 0. The Bertz CT molecular complexity index is 398. The van der Waals surface area contributed by atoms with E-state index < -0.39 is 0 Å². The molecule has 0 aliphatic rings. The minimum Gasteiger partial charge on any atom is -0.147 e. The predicted octanol–water partition coefficient (Wildman–Crippen LogP) is 4.54. The van der Waals surface area contributed by atoms with E-state index in [1.54, 1.807) is 0 Å². The van der Waals surface area contributed by atoms with Crippen LogP contribution in [0.3, 0.4) is 0 Å². The molecule has 0 amide bonds. The van der Waals surface area contributed by atoms with E-state index >= 15 is 0 Å². The SMILES string of the molecule is Brc1ccccc1-c1ccccc1.Cl. The summed E-state index contributed by atoms with van der Waals surface area (Å²) in [6.07, 6.45) is 0. The highest BCUT2D eigenvalue weighted by atomic mass is 79.9. The smallest absolute Gasteiger partial charge is 0.0253 e. The average molecular weight is 270 g/mol. The molecule has 14 heavy (non-hydrogen) atoms. The first-order valence-electron chi connectivity index (χ1n) is 4.18. The van der Waals surface area contributed by atoms with E-state index in [-0.39, 0.29) is 12.4 Å². The third kappa shape index (κ3) is 2.37. The number of hydrogen-bond donors (Lipinski definition) is 0. The van der Waals surface area contributed by atoms with Gasteiger partial charge in [-0.25, -0.2) is 0 Å². The molecule has 0 atom stereocenters. The van der Waals surface area contributed by atoms with Crippen molar-refractivity contribution in [3.63, 3.8) is 0 Å². The first-order chi connectivity index (χ1) is 6.38. The predicted molar refractivity (Wildman–Crippen MR) is 66.8 cm³/mol. The van der Waals surface area contributed by atoms with Gasteiger partial charge in [0.2, 0.25) is 0 Å². The third-order valence-corrected chi connectivity index (χ3v) is 2.65. The number of hydrogen-bond acceptors (Lipinski definition) is 0. The van der Waals surface area contributed by atoms with E-state index in [1.165, 1.54) is 11.1 Å². The van der Waals surface area contributed by atoms with Crippen LogP contribution in [0.15, 0.2) is 59.1 Å². The highest BCUT2D eigenvalue weighted by Gasteiger charge is 1.99. The summed E-state index contributed by atoms with van der Waals surface area (Å²) < 4.78 is 1.14. The fourth-order valence-corrected chi connectivity index (χ4v) is 1.83. The molecule has 0 aliphatic carbocycles. The lowest BCUT2D eigenvalue weighted by molar-refractivity contribution is 1.58. The molecule has 0 saturated carbocycles. The van der Waals surface area contributed by atoms with E-state index in [1.807, 2.05) is 18.2 Å². The van der Waals surface area contributed by atoms with E-state index in [2.05, 4.69) is 52.3 Å². The molecule has 72 valence electrons. The Morgan fingerprint density at radius 3 is 1.93 bits per heavy atom. The van der Waals surface area contributed by atoms with Crippen LogP contribution in [0.25, 0.3) is 11.1 Å². The van der Waals surface area contributed by atoms with Gasteiger partial charge in [0.15, 0.2) is 0 Å². The molecule has 2 aromatic carbocycles. The Balaban J connectivity index is 0.000000980. The van der Waals surface area contributed by atoms with E-state index in [9.17, 15) is 0 Å². The van der Waals surface area contributed by atoms with Gasteiger partial charge in [-0.2, -0.15) is 0 Å². The van der Waals surface area contributed by atoms with Crippen molar-refractivity contribution in [1.82, 2.24) is 0 Å². The van der Waals surface area contributed by atoms with Crippen LogP contribution in [0, 0.1) is 0 Å². The lowest BCUT2D eigenvalue weighted by atomic mass is 10.1. The summed E-state index contributed by atoms with van der Waals surface area (Å²) in [4.78, 5) is 0. The number of benzene rings is 2. The normalized spacial score (nSPS) is 9.21. The molecule has 0 aromatic heterocycles. The van der Waals surface area contributed by atoms with Crippen LogP contribution in [-0.2, 0) is 0 Å². The maximum Gasteiger partial charge on any atom is 0.0253 e. The van der Waals surface area contributed by atoms with Crippen LogP contribution in [-0.4, -0.2) is 0 Å². The summed E-state index contributed by atoms with van der Waals surface area (Å²) in [6, 6.07) is 18.6. The van der Waals surface area contributed by atoms with Gasteiger partial charge in [0.05, 0.1) is 0 Å². The minimum atomic E-state index is 0. The molecule has 0 radical (unpaired) electrons. The average Bonchev–Trinajstić information content (AvgIpc) is 2.20. The molecule has 0 N–H and O–H groups in total. The van der Waals surface area contributed by atoms with Gasteiger partial charge in [0.1, 0.15) is 0 Å². The van der Waals surface area contributed by atoms with Gasteiger partial charge in [0.25, 0.3) is 0 Å². The highest BCUT2D eigenvalue weighted by molar-refractivity contribution is 9.10. The standard InChI is InChI=1S/C12H9Br.ClH/c13-12-9-5-4-8-11(12)10-6-2-1-3-7-10;/h1-9H;1H. The summed E-state index contributed by atoms with van der Waals surface area (Å²) in [7, 11) is 0. The maximum absolute atomic E-state index is 3.53. The van der Waals surface area contributed by atoms with Gasteiger partial charge in [-0.1, -0.05) is 64.5 Å². The molecule has 0 heterocycles. The first-order valence-corrected chi connectivity index (χ1v) is 4.97. The largest absolute Gasteiger partial charge is 0.147 e. The fourth-order valence-electron chi connectivity index (χ4n) is 1.31. The maximum atomic E-state index is 3.53. The van der Waals surface area contributed by atoms with Gasteiger partial charge >= 0.3 is 0 Å². The quantitative estimate of drug-likeness (QED) is 0.713. The van der Waals surface area contributed by atoms with Crippen LogP contribution in [0.2, 0.25) is 0 Å². The van der Waals surface area contributed by atoms with Gasteiger partial charge in [-0.15, -0.1) is 12.4 Å². The molecule has 0 bridgehead atoms. The van der Waals surface area contributed by atoms with Gasteiger partial charge < -0.3 is 0 Å². The Morgan fingerprint density at radius 1 is 0.714 bits per heavy atom. The second-order valence-corrected chi connectivity index (χ2v) is 3.70. The first kappa shape index (κ1) is 11.3. The van der Waals surface area contributed by atoms with Crippen molar-refractivity contribution in [2.45, 2.75) is 0 Å². The monoisotopic (exact) mass is 268 g/mol. The van der Waals surface area contributed by atoms with Crippen LogP contribution < -0.4 is 0 Å². The molecular weight excluding hydrogens is 259 g/mol. The Labute approximate surface area is 98.5 Å². The summed E-state index contributed by atoms with van der Waals surface area (Å²) in [5, 5.41) is 0. The molecule has 2 rings (SSSR count). The van der Waals surface area contributed by atoms with Crippen LogP contribution >= 0.6 is 28.3 Å². The fraction of sp³-hybridized carbons (Fsp3) is 0. The van der Waals surface area contributed by atoms with Gasteiger partial charge in [0, 0.05) is 4.47 Å². The van der Waals surface area contributed by atoms with E-state index in [4.69, 9.17) is 0 Å². The second-order valence-electron chi connectivity index (χ2n) is 2.85. The van der Waals surface area contributed by atoms with Gasteiger partial charge in [-0.3, -0.25) is 0 Å². The molecule has 0 aliphatic heterocycles. The van der Waals surface area contributed by atoms with Crippen molar-refractivity contribution < 1.29 is 0 Å². The van der Waals surface area contributed by atoms with Crippen LogP contribution in [0.1, 0.15) is 0 Å². The molecule has 0 saturated heterocycles. The molecule has 0 unspecified atom stereocenters. The van der Waals surface area contributed by atoms with Crippen molar-refractivity contribution in [2.24, 2.45) is 0 Å². The van der Waals surface area contributed by atoms with E-state index in [0.717, 1.165) is 4.47 Å². The zero-order valence-electron chi connectivity index (χ0n) is 7.48. The molecule has 2 heteroatoms.